The molecule has 0 heterocycles. The van der Waals surface area contributed by atoms with E-state index in [4.69, 9.17) is 4.74 Å². The lowest BCUT2D eigenvalue weighted by Crippen LogP contribution is -2.37. The molecule has 0 spiro atoms. The zero-order valence-electron chi connectivity index (χ0n) is 14.9. The molecule has 0 saturated heterocycles. The van der Waals surface area contributed by atoms with Crippen molar-refractivity contribution in [2.75, 3.05) is 13.2 Å². The molecule has 2 N–H and O–H groups in total. The van der Waals surface area contributed by atoms with E-state index in [2.05, 4.69) is 36.6 Å². The lowest BCUT2D eigenvalue weighted by atomic mass is 10.1. The van der Waals surface area contributed by atoms with Crippen LogP contribution in [0.25, 0.3) is 0 Å². The van der Waals surface area contributed by atoms with E-state index in [-0.39, 0.29) is 6.03 Å². The fourth-order valence-corrected chi connectivity index (χ4v) is 2.51. The normalized spacial score (nSPS) is 10.3. The first-order valence-electron chi connectivity index (χ1n) is 8.25. The first-order valence-corrected chi connectivity index (χ1v) is 8.25. The summed E-state index contributed by atoms with van der Waals surface area (Å²) in [7, 11) is 0. The highest BCUT2D eigenvalue weighted by Crippen LogP contribution is 2.25. The Morgan fingerprint density at radius 3 is 2.38 bits per heavy atom. The number of amides is 2. The second-order valence-corrected chi connectivity index (χ2v) is 6.04. The van der Waals surface area contributed by atoms with Crippen LogP contribution in [0.15, 0.2) is 36.4 Å². The average molecular weight is 326 g/mol. The molecule has 0 radical (unpaired) electrons. The third-order valence-corrected chi connectivity index (χ3v) is 4.21. The van der Waals surface area contributed by atoms with Crippen molar-refractivity contribution < 1.29 is 9.53 Å². The van der Waals surface area contributed by atoms with Gasteiger partial charge in [0.2, 0.25) is 0 Å². The van der Waals surface area contributed by atoms with Gasteiger partial charge < -0.3 is 15.4 Å². The van der Waals surface area contributed by atoms with Crippen LogP contribution in [0, 0.1) is 27.7 Å². The monoisotopic (exact) mass is 326 g/mol. The fraction of sp³-hybridized carbons (Fsp3) is 0.350. The highest BCUT2D eigenvalue weighted by molar-refractivity contribution is 5.73. The average Bonchev–Trinajstić information content (AvgIpc) is 2.57. The number of carbonyl (C=O) groups is 1. The summed E-state index contributed by atoms with van der Waals surface area (Å²) in [6, 6.07) is 12.0. The van der Waals surface area contributed by atoms with E-state index in [0.717, 1.165) is 22.4 Å². The minimum absolute atomic E-state index is 0.181. The number of urea groups is 1. The van der Waals surface area contributed by atoms with Gasteiger partial charge in [0, 0.05) is 6.54 Å². The van der Waals surface area contributed by atoms with Crippen LogP contribution >= 0.6 is 0 Å². The summed E-state index contributed by atoms with van der Waals surface area (Å²) in [5, 5.41) is 5.69. The standard InChI is InChI=1S/C20H26N2O2/c1-14-9-10-16(3)19(17(14)4)24-12-11-21-20(23)22-13-18-8-6-5-7-15(18)2/h5-10H,11-13H2,1-4H3,(H2,21,22,23). The second-order valence-electron chi connectivity index (χ2n) is 6.04. The molecule has 24 heavy (non-hydrogen) atoms. The van der Waals surface area contributed by atoms with E-state index in [1.165, 1.54) is 11.1 Å². The van der Waals surface area contributed by atoms with Gasteiger partial charge in [0.1, 0.15) is 12.4 Å². The predicted octanol–water partition coefficient (Wildman–Crippen LogP) is 3.80. The Morgan fingerprint density at radius 1 is 0.917 bits per heavy atom. The maximum absolute atomic E-state index is 11.8. The van der Waals surface area contributed by atoms with Gasteiger partial charge in [-0.1, -0.05) is 36.4 Å². The van der Waals surface area contributed by atoms with Crippen molar-refractivity contribution >= 4 is 6.03 Å². The Hall–Kier alpha value is -2.49. The van der Waals surface area contributed by atoms with E-state index < -0.39 is 0 Å². The Balaban J connectivity index is 1.74. The van der Waals surface area contributed by atoms with Gasteiger partial charge in [0.05, 0.1) is 6.54 Å². The van der Waals surface area contributed by atoms with Crippen molar-refractivity contribution in [3.63, 3.8) is 0 Å². The molecule has 2 aromatic carbocycles. The number of benzene rings is 2. The van der Waals surface area contributed by atoms with E-state index in [1.807, 2.05) is 38.1 Å². The summed E-state index contributed by atoms with van der Waals surface area (Å²) in [4.78, 5) is 11.8. The Kier molecular flexibility index (Phi) is 6.24. The molecule has 2 rings (SSSR count). The Bertz CT molecular complexity index is 711. The molecule has 4 heteroatoms. The summed E-state index contributed by atoms with van der Waals surface area (Å²) >= 11 is 0. The molecule has 0 atom stereocenters. The molecule has 0 fully saturated rings. The number of ether oxygens (including phenoxy) is 1. The molecule has 0 aromatic heterocycles. The third-order valence-electron chi connectivity index (χ3n) is 4.21. The molecule has 128 valence electrons. The predicted molar refractivity (Wildman–Crippen MR) is 97.6 cm³/mol. The van der Waals surface area contributed by atoms with Crippen molar-refractivity contribution in [3.05, 3.63) is 64.2 Å². The highest BCUT2D eigenvalue weighted by atomic mass is 16.5. The molecule has 0 aliphatic rings. The van der Waals surface area contributed by atoms with Crippen molar-refractivity contribution in [2.24, 2.45) is 0 Å². The summed E-state index contributed by atoms with van der Waals surface area (Å²) in [6.07, 6.45) is 0. The number of hydrogen-bond donors (Lipinski definition) is 2. The molecule has 0 unspecified atom stereocenters. The highest BCUT2D eigenvalue weighted by Gasteiger charge is 2.07. The SMILES string of the molecule is Cc1ccccc1CNC(=O)NCCOc1c(C)ccc(C)c1C. The van der Waals surface area contributed by atoms with E-state index in [1.54, 1.807) is 0 Å². The first-order chi connectivity index (χ1) is 11.5. The minimum Gasteiger partial charge on any atom is -0.491 e. The summed E-state index contributed by atoms with van der Waals surface area (Å²) in [5.74, 6) is 0.914. The van der Waals surface area contributed by atoms with Crippen LogP contribution in [0.4, 0.5) is 4.79 Å². The van der Waals surface area contributed by atoms with Gasteiger partial charge in [0.25, 0.3) is 0 Å². The summed E-state index contributed by atoms with van der Waals surface area (Å²) in [6.45, 7) is 9.63. The third kappa shape index (κ3) is 4.75. The zero-order valence-corrected chi connectivity index (χ0v) is 14.9. The molecule has 0 aliphatic carbocycles. The molecule has 2 aromatic rings. The quantitative estimate of drug-likeness (QED) is 0.793. The van der Waals surface area contributed by atoms with Gasteiger partial charge in [-0.05, 0) is 55.5 Å². The van der Waals surface area contributed by atoms with Crippen LogP contribution in [0.3, 0.4) is 0 Å². The fourth-order valence-electron chi connectivity index (χ4n) is 2.51. The van der Waals surface area contributed by atoms with Gasteiger partial charge >= 0.3 is 6.03 Å². The van der Waals surface area contributed by atoms with Crippen molar-refractivity contribution in [2.45, 2.75) is 34.2 Å². The van der Waals surface area contributed by atoms with Crippen molar-refractivity contribution in [1.82, 2.24) is 10.6 Å². The van der Waals surface area contributed by atoms with Crippen LogP contribution in [-0.2, 0) is 6.54 Å². The van der Waals surface area contributed by atoms with Crippen LogP contribution in [0.2, 0.25) is 0 Å². The summed E-state index contributed by atoms with van der Waals surface area (Å²) < 4.78 is 5.84. The molecule has 0 bridgehead atoms. The smallest absolute Gasteiger partial charge is 0.315 e. The van der Waals surface area contributed by atoms with Gasteiger partial charge in [-0.25, -0.2) is 4.79 Å². The zero-order chi connectivity index (χ0) is 17.5. The Labute approximate surface area is 144 Å². The lowest BCUT2D eigenvalue weighted by molar-refractivity contribution is 0.236. The molecular weight excluding hydrogens is 300 g/mol. The number of hydrogen-bond acceptors (Lipinski definition) is 2. The number of carbonyl (C=O) groups excluding carboxylic acids is 1. The van der Waals surface area contributed by atoms with Gasteiger partial charge in [-0.15, -0.1) is 0 Å². The molecule has 0 saturated carbocycles. The Morgan fingerprint density at radius 2 is 1.62 bits per heavy atom. The van der Waals surface area contributed by atoms with E-state index in [0.29, 0.717) is 19.7 Å². The van der Waals surface area contributed by atoms with E-state index >= 15 is 0 Å². The maximum atomic E-state index is 11.8. The maximum Gasteiger partial charge on any atom is 0.315 e. The van der Waals surface area contributed by atoms with Crippen molar-refractivity contribution in [3.8, 4) is 5.75 Å². The first kappa shape index (κ1) is 17.9. The molecule has 2 amide bonds. The lowest BCUT2D eigenvalue weighted by Gasteiger charge is -2.14. The summed E-state index contributed by atoms with van der Waals surface area (Å²) in [5.41, 5.74) is 5.77. The van der Waals surface area contributed by atoms with Crippen molar-refractivity contribution in [1.29, 1.82) is 0 Å². The van der Waals surface area contributed by atoms with Gasteiger partial charge in [-0.3, -0.25) is 0 Å². The van der Waals surface area contributed by atoms with Crippen LogP contribution in [0.1, 0.15) is 27.8 Å². The second kappa shape index (κ2) is 8.39. The molecule has 4 nitrogen and oxygen atoms in total. The number of rotatable bonds is 6. The number of nitrogens with one attached hydrogen (secondary N) is 2. The molecule has 0 aliphatic heterocycles. The topological polar surface area (TPSA) is 50.4 Å². The van der Waals surface area contributed by atoms with Crippen LogP contribution in [-0.4, -0.2) is 19.2 Å². The largest absolute Gasteiger partial charge is 0.491 e. The van der Waals surface area contributed by atoms with Gasteiger partial charge in [-0.2, -0.15) is 0 Å². The number of aryl methyl sites for hydroxylation is 3. The minimum atomic E-state index is -0.181. The van der Waals surface area contributed by atoms with Gasteiger partial charge in [0.15, 0.2) is 0 Å². The molecular formula is C20H26N2O2. The van der Waals surface area contributed by atoms with Crippen LogP contribution in [0.5, 0.6) is 5.75 Å². The van der Waals surface area contributed by atoms with Crippen LogP contribution < -0.4 is 15.4 Å². The van der Waals surface area contributed by atoms with E-state index in [9.17, 15) is 4.79 Å².